The molecule has 0 bridgehead atoms. The molecular formula is C13H14Cl2O2. The highest BCUT2D eigenvalue weighted by atomic mass is 35.5. The second kappa shape index (κ2) is 5.56. The van der Waals surface area contributed by atoms with Gasteiger partial charge in [0.05, 0.1) is 5.54 Å². The minimum Gasteiger partial charge on any atom is -0.453 e. The van der Waals surface area contributed by atoms with Crippen molar-refractivity contribution in [1.29, 1.82) is 0 Å². The third-order valence-electron chi connectivity index (χ3n) is 2.05. The molecule has 0 aliphatic heterocycles. The second-order valence-electron chi connectivity index (χ2n) is 4.61. The standard InChI is InChI=1S/C13H14Cl2O2/c1-13(2,3)12(16)11(8-14)17-10-6-4-9(15)5-7-10/h4-8H,1-3H3/b11-8-. The Balaban J connectivity index is 2.86. The van der Waals surface area contributed by atoms with Crippen molar-refractivity contribution >= 4 is 29.0 Å². The largest absolute Gasteiger partial charge is 0.453 e. The SMILES string of the molecule is CC(C)(C)C(=O)/C(=C/Cl)Oc1ccc(Cl)cc1. The van der Waals surface area contributed by atoms with E-state index in [1.807, 2.05) is 0 Å². The maximum atomic E-state index is 12.0. The van der Waals surface area contributed by atoms with Gasteiger partial charge in [-0.15, -0.1) is 0 Å². The number of halogens is 2. The summed E-state index contributed by atoms with van der Waals surface area (Å²) < 4.78 is 5.43. The van der Waals surface area contributed by atoms with E-state index < -0.39 is 5.41 Å². The van der Waals surface area contributed by atoms with Gasteiger partial charge in [-0.05, 0) is 24.3 Å². The maximum Gasteiger partial charge on any atom is 0.204 e. The molecule has 1 aromatic carbocycles. The lowest BCUT2D eigenvalue weighted by atomic mass is 9.90. The van der Waals surface area contributed by atoms with Gasteiger partial charge in [0.2, 0.25) is 5.78 Å². The maximum absolute atomic E-state index is 12.0. The van der Waals surface area contributed by atoms with Gasteiger partial charge in [-0.3, -0.25) is 4.79 Å². The number of allylic oxidation sites excluding steroid dienone is 1. The van der Waals surface area contributed by atoms with Crippen LogP contribution in [0.1, 0.15) is 20.8 Å². The fourth-order valence-electron chi connectivity index (χ4n) is 1.12. The zero-order valence-electron chi connectivity index (χ0n) is 9.96. The monoisotopic (exact) mass is 272 g/mol. The highest BCUT2D eigenvalue weighted by Gasteiger charge is 2.26. The van der Waals surface area contributed by atoms with Crippen molar-refractivity contribution in [2.75, 3.05) is 0 Å². The first kappa shape index (κ1) is 14.1. The molecule has 0 heterocycles. The highest BCUT2D eigenvalue weighted by molar-refractivity contribution is 6.30. The van der Waals surface area contributed by atoms with Crippen LogP contribution in [-0.4, -0.2) is 5.78 Å². The topological polar surface area (TPSA) is 26.3 Å². The lowest BCUT2D eigenvalue weighted by Gasteiger charge is -2.18. The van der Waals surface area contributed by atoms with E-state index in [0.717, 1.165) is 5.54 Å². The molecule has 0 fully saturated rings. The first-order valence-electron chi connectivity index (χ1n) is 5.13. The number of ketones is 1. The van der Waals surface area contributed by atoms with Crippen molar-refractivity contribution in [1.82, 2.24) is 0 Å². The summed E-state index contributed by atoms with van der Waals surface area (Å²) in [6.07, 6.45) is 0. The van der Waals surface area contributed by atoms with Crippen LogP contribution in [0.4, 0.5) is 0 Å². The molecule has 0 N–H and O–H groups in total. The van der Waals surface area contributed by atoms with Gasteiger partial charge >= 0.3 is 0 Å². The molecule has 92 valence electrons. The number of benzene rings is 1. The van der Waals surface area contributed by atoms with Gasteiger partial charge in [0, 0.05) is 10.4 Å². The van der Waals surface area contributed by atoms with Gasteiger partial charge in [-0.1, -0.05) is 44.0 Å². The van der Waals surface area contributed by atoms with Crippen LogP contribution in [0.5, 0.6) is 5.75 Å². The molecule has 0 aliphatic carbocycles. The Hall–Kier alpha value is -0.990. The van der Waals surface area contributed by atoms with Gasteiger partial charge in [-0.25, -0.2) is 0 Å². The molecular weight excluding hydrogens is 259 g/mol. The smallest absolute Gasteiger partial charge is 0.204 e. The van der Waals surface area contributed by atoms with Crippen LogP contribution >= 0.6 is 23.2 Å². The molecule has 0 unspecified atom stereocenters. The van der Waals surface area contributed by atoms with Crippen molar-refractivity contribution < 1.29 is 9.53 Å². The number of carbonyl (C=O) groups excluding carboxylic acids is 1. The summed E-state index contributed by atoms with van der Waals surface area (Å²) >= 11 is 11.4. The molecule has 0 saturated heterocycles. The van der Waals surface area contributed by atoms with Gasteiger partial charge in [-0.2, -0.15) is 0 Å². The van der Waals surface area contributed by atoms with Crippen LogP contribution in [0.3, 0.4) is 0 Å². The first-order chi connectivity index (χ1) is 7.84. The number of Topliss-reactive ketones (excluding diaryl/α,β-unsaturated/α-hetero) is 1. The minimum atomic E-state index is -0.535. The van der Waals surface area contributed by atoms with E-state index in [4.69, 9.17) is 27.9 Å². The third-order valence-corrected chi connectivity index (χ3v) is 2.50. The predicted octanol–water partition coefficient (Wildman–Crippen LogP) is 4.41. The van der Waals surface area contributed by atoms with Crippen molar-refractivity contribution in [3.63, 3.8) is 0 Å². The molecule has 0 amide bonds. The summed E-state index contributed by atoms with van der Waals surface area (Å²) in [7, 11) is 0. The average molecular weight is 273 g/mol. The zero-order chi connectivity index (χ0) is 13.1. The van der Waals surface area contributed by atoms with Crippen molar-refractivity contribution in [2.45, 2.75) is 20.8 Å². The quantitative estimate of drug-likeness (QED) is 0.602. The molecule has 17 heavy (non-hydrogen) atoms. The van der Waals surface area contributed by atoms with Crippen LogP contribution in [0.2, 0.25) is 5.02 Å². The van der Waals surface area contributed by atoms with Gasteiger partial charge in [0.25, 0.3) is 0 Å². The summed E-state index contributed by atoms with van der Waals surface area (Å²) in [5.41, 5.74) is 0.620. The average Bonchev–Trinajstić information content (AvgIpc) is 2.26. The number of rotatable bonds is 3. The molecule has 0 atom stereocenters. The normalized spacial score (nSPS) is 12.4. The lowest BCUT2D eigenvalue weighted by Crippen LogP contribution is -2.24. The first-order valence-corrected chi connectivity index (χ1v) is 5.94. The summed E-state index contributed by atoms with van der Waals surface area (Å²) in [6.45, 7) is 5.42. The summed E-state index contributed by atoms with van der Waals surface area (Å²) in [4.78, 5) is 12.0. The number of hydrogen-bond acceptors (Lipinski definition) is 2. The third kappa shape index (κ3) is 4.06. The van der Waals surface area contributed by atoms with E-state index in [0.29, 0.717) is 10.8 Å². The zero-order valence-corrected chi connectivity index (χ0v) is 11.5. The fraction of sp³-hybridized carbons (Fsp3) is 0.308. The number of carbonyl (C=O) groups is 1. The Labute approximate surface area is 111 Å². The Morgan fingerprint density at radius 2 is 1.76 bits per heavy atom. The Kier molecular flexibility index (Phi) is 4.61. The Bertz CT molecular complexity index is 428. The van der Waals surface area contributed by atoms with E-state index in [1.165, 1.54) is 0 Å². The van der Waals surface area contributed by atoms with E-state index in [-0.39, 0.29) is 11.5 Å². The van der Waals surface area contributed by atoms with Crippen molar-refractivity contribution in [3.05, 3.63) is 40.6 Å². The predicted molar refractivity (Wildman–Crippen MR) is 70.5 cm³/mol. The van der Waals surface area contributed by atoms with Gasteiger partial charge < -0.3 is 4.74 Å². The molecule has 0 aromatic heterocycles. The van der Waals surface area contributed by atoms with Gasteiger partial charge in [0.1, 0.15) is 5.75 Å². The van der Waals surface area contributed by atoms with Crippen molar-refractivity contribution in [2.24, 2.45) is 5.41 Å². The van der Waals surface area contributed by atoms with E-state index in [2.05, 4.69) is 0 Å². The highest BCUT2D eigenvalue weighted by Crippen LogP contribution is 2.24. The van der Waals surface area contributed by atoms with Crippen LogP contribution in [0, 0.1) is 5.41 Å². The number of ether oxygens (including phenoxy) is 1. The summed E-state index contributed by atoms with van der Waals surface area (Å²) in [5.74, 6) is 0.503. The molecule has 1 rings (SSSR count). The summed E-state index contributed by atoms with van der Waals surface area (Å²) in [6, 6.07) is 6.73. The van der Waals surface area contributed by atoms with E-state index in [9.17, 15) is 4.79 Å². The second-order valence-corrected chi connectivity index (χ2v) is 5.26. The Morgan fingerprint density at radius 3 is 2.18 bits per heavy atom. The van der Waals surface area contributed by atoms with E-state index in [1.54, 1.807) is 45.0 Å². The minimum absolute atomic E-state index is 0.126. The van der Waals surface area contributed by atoms with Crippen molar-refractivity contribution in [3.8, 4) is 5.75 Å². The summed E-state index contributed by atoms with van der Waals surface area (Å²) in [5, 5.41) is 0.607. The van der Waals surface area contributed by atoms with Crippen LogP contribution in [-0.2, 0) is 4.79 Å². The van der Waals surface area contributed by atoms with E-state index >= 15 is 0 Å². The lowest BCUT2D eigenvalue weighted by molar-refractivity contribution is -0.124. The Morgan fingerprint density at radius 1 is 1.24 bits per heavy atom. The fourth-order valence-corrected chi connectivity index (χ4v) is 1.39. The molecule has 4 heteroatoms. The molecule has 0 aliphatic rings. The van der Waals surface area contributed by atoms with Gasteiger partial charge in [0.15, 0.2) is 5.76 Å². The number of hydrogen-bond donors (Lipinski definition) is 0. The molecule has 2 nitrogen and oxygen atoms in total. The molecule has 0 spiro atoms. The van der Waals surface area contributed by atoms with Crippen LogP contribution in [0.25, 0.3) is 0 Å². The molecule has 0 saturated carbocycles. The van der Waals surface area contributed by atoms with Crippen LogP contribution in [0.15, 0.2) is 35.6 Å². The molecule has 0 radical (unpaired) electrons. The van der Waals surface area contributed by atoms with Crippen LogP contribution < -0.4 is 4.74 Å². The molecule has 1 aromatic rings.